The van der Waals surface area contributed by atoms with Crippen LogP contribution in [0.5, 0.6) is 5.75 Å². The van der Waals surface area contributed by atoms with Crippen molar-refractivity contribution >= 4 is 23.8 Å². The summed E-state index contributed by atoms with van der Waals surface area (Å²) in [6.45, 7) is 2.15. The number of aromatic carboxylic acids is 1. The number of unbranched alkanes of at least 4 members (excludes halogenated alkanes) is 6. The Morgan fingerprint density at radius 3 is 2.08 bits per heavy atom. The standard InChI is InChI=1S/C27H42N2O9/c1-36-19-20-37-18-16-28-24(30)15-14-23(27(34)35)29-25(31)9-7-5-3-2-4-6-8-17-38-22-12-10-21(11-13-22)26(32)33/h10-13,23H,2-9,14-20H2,1H3,(H,28,30)(H,29,31)(H,32,33)(H,34,35)/t23-/m0/s1. The highest BCUT2D eigenvalue weighted by atomic mass is 16.5. The van der Waals surface area contributed by atoms with Crippen LogP contribution in [0.4, 0.5) is 0 Å². The molecule has 0 aliphatic carbocycles. The molecule has 0 heterocycles. The van der Waals surface area contributed by atoms with E-state index in [-0.39, 0.29) is 36.6 Å². The number of methoxy groups -OCH3 is 1. The number of hydrogen-bond acceptors (Lipinski definition) is 7. The third-order valence-corrected chi connectivity index (χ3v) is 5.71. The largest absolute Gasteiger partial charge is 0.494 e. The van der Waals surface area contributed by atoms with Gasteiger partial charge in [-0.25, -0.2) is 9.59 Å². The van der Waals surface area contributed by atoms with E-state index >= 15 is 0 Å². The number of hydrogen-bond donors (Lipinski definition) is 4. The van der Waals surface area contributed by atoms with Gasteiger partial charge in [-0.3, -0.25) is 9.59 Å². The lowest BCUT2D eigenvalue weighted by Gasteiger charge is -2.14. The molecule has 0 saturated heterocycles. The molecule has 2 amide bonds. The van der Waals surface area contributed by atoms with Gasteiger partial charge in [0, 0.05) is 26.5 Å². The SMILES string of the molecule is COCCOCCNC(=O)CC[C@H](NC(=O)CCCCCCCCCOc1ccc(C(=O)O)cc1)C(=O)O. The summed E-state index contributed by atoms with van der Waals surface area (Å²) in [6.07, 6.45) is 6.83. The van der Waals surface area contributed by atoms with Gasteiger partial charge in [-0.15, -0.1) is 0 Å². The van der Waals surface area contributed by atoms with Gasteiger partial charge in [0.1, 0.15) is 11.8 Å². The van der Waals surface area contributed by atoms with E-state index in [0.29, 0.717) is 45.1 Å². The van der Waals surface area contributed by atoms with Crippen molar-refractivity contribution < 1.29 is 43.6 Å². The average Bonchev–Trinajstić information content (AvgIpc) is 2.89. The van der Waals surface area contributed by atoms with Gasteiger partial charge < -0.3 is 35.1 Å². The Bertz CT molecular complexity index is 830. The Hall–Kier alpha value is -3.18. The number of rotatable bonds is 23. The molecule has 0 unspecified atom stereocenters. The number of carboxylic acid groups (broad SMARTS) is 2. The van der Waals surface area contributed by atoms with Crippen LogP contribution in [0.3, 0.4) is 0 Å². The minimum Gasteiger partial charge on any atom is -0.494 e. The van der Waals surface area contributed by atoms with Gasteiger partial charge in [-0.1, -0.05) is 32.1 Å². The number of ether oxygens (including phenoxy) is 3. The zero-order chi connectivity index (χ0) is 28.0. The molecule has 0 aliphatic heterocycles. The summed E-state index contributed by atoms with van der Waals surface area (Å²) in [7, 11) is 1.57. The maximum atomic E-state index is 12.1. The predicted octanol–water partition coefficient (Wildman–Crippen LogP) is 3.01. The molecule has 0 radical (unpaired) electrons. The van der Waals surface area contributed by atoms with Gasteiger partial charge in [-0.2, -0.15) is 0 Å². The zero-order valence-electron chi connectivity index (χ0n) is 22.2. The van der Waals surface area contributed by atoms with Gasteiger partial charge in [0.2, 0.25) is 11.8 Å². The highest BCUT2D eigenvalue weighted by Crippen LogP contribution is 2.14. The van der Waals surface area contributed by atoms with Crippen molar-refractivity contribution in [1.29, 1.82) is 0 Å². The number of benzene rings is 1. The molecule has 0 aliphatic rings. The first-order valence-electron chi connectivity index (χ1n) is 13.1. The maximum absolute atomic E-state index is 12.1. The molecule has 1 rings (SSSR count). The summed E-state index contributed by atoms with van der Waals surface area (Å²) < 4.78 is 15.7. The molecule has 38 heavy (non-hydrogen) atoms. The lowest BCUT2D eigenvalue weighted by Crippen LogP contribution is -2.41. The molecule has 1 atom stereocenters. The monoisotopic (exact) mass is 538 g/mol. The van der Waals surface area contributed by atoms with E-state index in [2.05, 4.69) is 10.6 Å². The van der Waals surface area contributed by atoms with Crippen molar-refractivity contribution in [2.75, 3.05) is 40.1 Å². The molecule has 0 aromatic heterocycles. The third kappa shape index (κ3) is 16.5. The smallest absolute Gasteiger partial charge is 0.335 e. The molecule has 1 aromatic carbocycles. The molecule has 0 fully saturated rings. The third-order valence-electron chi connectivity index (χ3n) is 5.71. The summed E-state index contributed by atoms with van der Waals surface area (Å²) in [4.78, 5) is 46.3. The molecule has 0 spiro atoms. The van der Waals surface area contributed by atoms with Crippen LogP contribution in [-0.2, 0) is 23.9 Å². The topological polar surface area (TPSA) is 160 Å². The number of carboxylic acids is 2. The van der Waals surface area contributed by atoms with Crippen molar-refractivity contribution in [2.45, 2.75) is 70.3 Å². The van der Waals surface area contributed by atoms with E-state index in [1.165, 1.54) is 12.1 Å². The number of carbonyl (C=O) groups excluding carboxylic acids is 2. The highest BCUT2D eigenvalue weighted by molar-refractivity contribution is 5.87. The number of nitrogens with one attached hydrogen (secondary N) is 2. The van der Waals surface area contributed by atoms with Gasteiger partial charge in [-0.05, 0) is 43.5 Å². The Balaban J connectivity index is 2.04. The Morgan fingerprint density at radius 2 is 1.45 bits per heavy atom. The van der Waals surface area contributed by atoms with E-state index in [1.54, 1.807) is 19.2 Å². The summed E-state index contributed by atoms with van der Waals surface area (Å²) in [5.74, 6) is -2.08. The quantitative estimate of drug-likeness (QED) is 0.154. The molecular formula is C27H42N2O9. The lowest BCUT2D eigenvalue weighted by molar-refractivity contribution is -0.142. The Morgan fingerprint density at radius 1 is 0.789 bits per heavy atom. The predicted molar refractivity (Wildman–Crippen MR) is 140 cm³/mol. The molecule has 11 heteroatoms. The summed E-state index contributed by atoms with van der Waals surface area (Å²) in [5.41, 5.74) is 0.230. The van der Waals surface area contributed by atoms with Gasteiger partial charge in [0.05, 0.1) is 32.0 Å². The molecule has 1 aromatic rings. The molecule has 4 N–H and O–H groups in total. The summed E-state index contributed by atoms with van der Waals surface area (Å²) in [5, 5.41) is 23.4. The van der Waals surface area contributed by atoms with Crippen LogP contribution in [0.25, 0.3) is 0 Å². The minimum atomic E-state index is -1.16. The van der Waals surface area contributed by atoms with Crippen molar-refractivity contribution in [3.8, 4) is 5.75 Å². The zero-order valence-corrected chi connectivity index (χ0v) is 22.2. The van der Waals surface area contributed by atoms with E-state index in [1.807, 2.05) is 0 Å². The number of aliphatic carboxylic acids is 1. The highest BCUT2D eigenvalue weighted by Gasteiger charge is 2.20. The van der Waals surface area contributed by atoms with Gasteiger partial charge in [0.25, 0.3) is 0 Å². The fourth-order valence-corrected chi connectivity index (χ4v) is 3.55. The van der Waals surface area contributed by atoms with Crippen molar-refractivity contribution in [1.82, 2.24) is 10.6 Å². The van der Waals surface area contributed by atoms with Crippen LogP contribution in [-0.4, -0.2) is 80.1 Å². The van der Waals surface area contributed by atoms with Crippen molar-refractivity contribution in [2.24, 2.45) is 0 Å². The van der Waals surface area contributed by atoms with Gasteiger partial charge in [0.15, 0.2) is 0 Å². The van der Waals surface area contributed by atoms with Crippen LogP contribution < -0.4 is 15.4 Å². The summed E-state index contributed by atoms with van der Waals surface area (Å²) >= 11 is 0. The van der Waals surface area contributed by atoms with E-state index in [9.17, 15) is 24.3 Å². The first-order chi connectivity index (χ1) is 18.3. The first-order valence-corrected chi connectivity index (χ1v) is 13.1. The molecule has 11 nitrogen and oxygen atoms in total. The lowest BCUT2D eigenvalue weighted by atomic mass is 10.1. The van der Waals surface area contributed by atoms with Crippen molar-refractivity contribution in [3.05, 3.63) is 29.8 Å². The number of amides is 2. The van der Waals surface area contributed by atoms with Crippen LogP contribution in [0.2, 0.25) is 0 Å². The fraction of sp³-hybridized carbons (Fsp3) is 0.630. The van der Waals surface area contributed by atoms with Crippen LogP contribution >= 0.6 is 0 Å². The van der Waals surface area contributed by atoms with E-state index in [0.717, 1.165) is 38.5 Å². The molecule has 214 valence electrons. The van der Waals surface area contributed by atoms with Crippen LogP contribution in [0, 0.1) is 0 Å². The molecule has 0 saturated carbocycles. The normalized spacial score (nSPS) is 11.5. The van der Waals surface area contributed by atoms with E-state index in [4.69, 9.17) is 19.3 Å². The first kappa shape index (κ1) is 32.8. The number of carbonyl (C=O) groups is 4. The average molecular weight is 539 g/mol. The molecule has 0 bridgehead atoms. The maximum Gasteiger partial charge on any atom is 0.335 e. The van der Waals surface area contributed by atoms with Gasteiger partial charge >= 0.3 is 11.9 Å². The second-order valence-corrected chi connectivity index (χ2v) is 8.86. The fourth-order valence-electron chi connectivity index (χ4n) is 3.55. The Kier molecular flexibility index (Phi) is 18.0. The van der Waals surface area contributed by atoms with E-state index < -0.39 is 18.0 Å². The van der Waals surface area contributed by atoms with Crippen LogP contribution in [0.15, 0.2) is 24.3 Å². The second kappa shape index (κ2) is 20.8. The molecular weight excluding hydrogens is 496 g/mol. The minimum absolute atomic E-state index is 0.00262. The second-order valence-electron chi connectivity index (χ2n) is 8.86. The summed E-state index contributed by atoms with van der Waals surface area (Å²) in [6, 6.07) is 5.24. The Labute approximate surface area is 224 Å². The van der Waals surface area contributed by atoms with Crippen LogP contribution in [0.1, 0.15) is 74.6 Å². The van der Waals surface area contributed by atoms with Crippen molar-refractivity contribution in [3.63, 3.8) is 0 Å².